The summed E-state index contributed by atoms with van der Waals surface area (Å²) in [6, 6.07) is 9.86. The molecule has 3 heteroatoms. The molecule has 0 N–H and O–H groups in total. The minimum atomic E-state index is -1.67. The van der Waals surface area contributed by atoms with Crippen molar-refractivity contribution in [2.24, 2.45) is 4.99 Å². The lowest BCUT2D eigenvalue weighted by atomic mass is 10.1. The molecular weight excluding hydrogens is 277 g/mol. The molecule has 22 heavy (non-hydrogen) atoms. The summed E-state index contributed by atoms with van der Waals surface area (Å²) in [4.78, 5) is 4.37. The van der Waals surface area contributed by atoms with Crippen LogP contribution in [-0.2, 0) is 4.74 Å². The molecule has 1 atom stereocenters. The van der Waals surface area contributed by atoms with Crippen molar-refractivity contribution in [1.29, 1.82) is 0 Å². The van der Waals surface area contributed by atoms with Gasteiger partial charge in [0.1, 0.15) is 0 Å². The Morgan fingerprint density at radius 2 is 2.05 bits per heavy atom. The van der Waals surface area contributed by atoms with Crippen molar-refractivity contribution in [3.63, 3.8) is 0 Å². The summed E-state index contributed by atoms with van der Waals surface area (Å²) in [5.41, 5.74) is 1.80. The zero-order chi connectivity index (χ0) is 15.7. The van der Waals surface area contributed by atoms with Crippen LogP contribution in [0.3, 0.4) is 0 Å². The highest BCUT2D eigenvalue weighted by Gasteiger charge is 2.28. The highest BCUT2D eigenvalue weighted by molar-refractivity contribution is 5.80. The fraction of sp³-hybridized carbons (Fsp3) is 0.421. The van der Waals surface area contributed by atoms with E-state index in [1.54, 1.807) is 18.4 Å². The molecule has 118 valence electrons. The molecule has 1 aromatic rings. The zero-order valence-corrected chi connectivity index (χ0v) is 13.2. The van der Waals surface area contributed by atoms with E-state index in [-0.39, 0.29) is 6.42 Å². The average Bonchev–Trinajstić information content (AvgIpc) is 2.55. The molecule has 0 saturated carbocycles. The number of allylic oxidation sites excluding steroid dienone is 1. The fourth-order valence-corrected chi connectivity index (χ4v) is 2.25. The molecular formula is C19H24FNO. The summed E-state index contributed by atoms with van der Waals surface area (Å²) in [6.07, 6.45) is 11.3. The van der Waals surface area contributed by atoms with E-state index in [0.29, 0.717) is 6.61 Å². The monoisotopic (exact) mass is 301 g/mol. The van der Waals surface area contributed by atoms with Crippen LogP contribution in [0.15, 0.2) is 59.2 Å². The minimum Gasteiger partial charge on any atom is -0.342 e. The molecule has 0 amide bonds. The summed E-state index contributed by atoms with van der Waals surface area (Å²) in [5, 5.41) is 0. The normalized spacial score (nSPS) is 21.3. The quantitative estimate of drug-likeness (QED) is 0.477. The Balaban J connectivity index is 1.79. The van der Waals surface area contributed by atoms with Gasteiger partial charge in [0, 0.05) is 12.6 Å². The van der Waals surface area contributed by atoms with Crippen LogP contribution >= 0.6 is 0 Å². The van der Waals surface area contributed by atoms with E-state index in [2.05, 4.69) is 11.9 Å². The first-order valence-electron chi connectivity index (χ1n) is 8.03. The molecule has 1 aliphatic carbocycles. The molecule has 0 bridgehead atoms. The Bertz CT molecular complexity index is 536. The average molecular weight is 301 g/mol. The van der Waals surface area contributed by atoms with Gasteiger partial charge in [0.25, 0.3) is 0 Å². The molecule has 0 spiro atoms. The zero-order valence-electron chi connectivity index (χ0n) is 13.2. The number of benzene rings is 1. The molecule has 1 aromatic carbocycles. The highest BCUT2D eigenvalue weighted by atomic mass is 19.2. The van der Waals surface area contributed by atoms with Crippen molar-refractivity contribution < 1.29 is 9.13 Å². The van der Waals surface area contributed by atoms with E-state index in [0.717, 1.165) is 24.1 Å². The van der Waals surface area contributed by atoms with Gasteiger partial charge >= 0.3 is 0 Å². The lowest BCUT2D eigenvalue weighted by Crippen LogP contribution is -2.25. The number of halogens is 1. The summed E-state index contributed by atoms with van der Waals surface area (Å²) in [5.74, 6) is -1.67. The first kappa shape index (κ1) is 16.6. The van der Waals surface area contributed by atoms with Crippen LogP contribution in [0.4, 0.5) is 4.39 Å². The van der Waals surface area contributed by atoms with E-state index in [9.17, 15) is 4.39 Å². The number of unbranched alkanes of at least 4 members (excludes halogenated alkanes) is 3. The van der Waals surface area contributed by atoms with Gasteiger partial charge < -0.3 is 4.74 Å². The fourth-order valence-electron chi connectivity index (χ4n) is 2.25. The van der Waals surface area contributed by atoms with Gasteiger partial charge in [0.2, 0.25) is 5.85 Å². The number of hydrogen-bond donors (Lipinski definition) is 0. The number of nitrogens with zero attached hydrogens (tertiary/aromatic N) is 1. The van der Waals surface area contributed by atoms with Crippen molar-refractivity contribution in [3.05, 3.63) is 59.8 Å². The van der Waals surface area contributed by atoms with E-state index >= 15 is 0 Å². The first-order chi connectivity index (χ1) is 10.7. The molecule has 0 heterocycles. The van der Waals surface area contributed by atoms with Gasteiger partial charge in [-0.1, -0.05) is 62.6 Å². The Kier molecular flexibility index (Phi) is 6.53. The van der Waals surface area contributed by atoms with Gasteiger partial charge in [0.05, 0.1) is 12.3 Å². The largest absolute Gasteiger partial charge is 0.342 e. The topological polar surface area (TPSA) is 21.6 Å². The first-order valence-corrected chi connectivity index (χ1v) is 8.03. The second-order valence-corrected chi connectivity index (χ2v) is 5.53. The van der Waals surface area contributed by atoms with Crippen LogP contribution in [0.2, 0.25) is 0 Å². The molecule has 0 fully saturated rings. The molecule has 0 aliphatic heterocycles. The molecule has 2 nitrogen and oxygen atoms in total. The van der Waals surface area contributed by atoms with Crippen LogP contribution in [0.25, 0.3) is 0 Å². The van der Waals surface area contributed by atoms with Gasteiger partial charge in [-0.2, -0.15) is 0 Å². The number of alkyl halides is 1. The summed E-state index contributed by atoms with van der Waals surface area (Å²) < 4.78 is 19.8. The predicted molar refractivity (Wildman–Crippen MR) is 89.8 cm³/mol. The van der Waals surface area contributed by atoms with E-state index < -0.39 is 5.85 Å². The van der Waals surface area contributed by atoms with Gasteiger partial charge in [-0.15, -0.1) is 0 Å². The third kappa shape index (κ3) is 5.57. The molecule has 1 aliphatic rings. The molecule has 2 rings (SSSR count). The van der Waals surface area contributed by atoms with E-state index in [1.165, 1.54) is 18.9 Å². The predicted octanol–water partition coefficient (Wildman–Crippen LogP) is 5.21. The lowest BCUT2D eigenvalue weighted by Gasteiger charge is -2.23. The smallest absolute Gasteiger partial charge is 0.232 e. The standard InChI is InChI=1S/C19H24FNO/c1-2-3-4-8-15-22-19(20)13-11-18(12-14-19)21-16-17-9-6-5-7-10-17/h5-7,9-13,16H,2-4,8,14-15H2,1H3. The summed E-state index contributed by atoms with van der Waals surface area (Å²) >= 11 is 0. The summed E-state index contributed by atoms with van der Waals surface area (Å²) in [6.45, 7) is 2.63. The van der Waals surface area contributed by atoms with Crippen molar-refractivity contribution in [1.82, 2.24) is 0 Å². The molecule has 1 unspecified atom stereocenters. The van der Waals surface area contributed by atoms with Gasteiger partial charge in [0.15, 0.2) is 0 Å². The molecule has 0 saturated heterocycles. The third-order valence-electron chi connectivity index (χ3n) is 3.59. The van der Waals surface area contributed by atoms with Crippen LogP contribution < -0.4 is 0 Å². The number of hydrogen-bond acceptors (Lipinski definition) is 2. The van der Waals surface area contributed by atoms with Gasteiger partial charge in [-0.25, -0.2) is 4.39 Å². The lowest BCUT2D eigenvalue weighted by molar-refractivity contribution is -0.106. The van der Waals surface area contributed by atoms with Gasteiger partial charge in [-0.3, -0.25) is 4.99 Å². The van der Waals surface area contributed by atoms with Crippen molar-refractivity contribution >= 4 is 6.21 Å². The SMILES string of the molecule is CCCCCCOC1(F)C=CC(N=Cc2ccccc2)=CC1. The van der Waals surface area contributed by atoms with Crippen LogP contribution in [0.5, 0.6) is 0 Å². The molecule has 0 aromatic heterocycles. The number of rotatable bonds is 8. The Hall–Kier alpha value is -1.74. The Labute approximate surface area is 132 Å². The second-order valence-electron chi connectivity index (χ2n) is 5.53. The van der Waals surface area contributed by atoms with Crippen LogP contribution in [-0.4, -0.2) is 18.7 Å². The third-order valence-corrected chi connectivity index (χ3v) is 3.59. The molecule has 0 radical (unpaired) electrons. The Morgan fingerprint density at radius 1 is 1.23 bits per heavy atom. The van der Waals surface area contributed by atoms with Gasteiger partial charge in [-0.05, 0) is 24.1 Å². The van der Waals surface area contributed by atoms with Crippen molar-refractivity contribution in [2.75, 3.05) is 6.61 Å². The number of aliphatic imine (C=N–C) groups is 1. The van der Waals surface area contributed by atoms with Crippen LogP contribution in [0, 0.1) is 0 Å². The maximum absolute atomic E-state index is 14.4. The summed E-state index contributed by atoms with van der Waals surface area (Å²) in [7, 11) is 0. The van der Waals surface area contributed by atoms with Crippen molar-refractivity contribution in [3.8, 4) is 0 Å². The van der Waals surface area contributed by atoms with Crippen molar-refractivity contribution in [2.45, 2.75) is 44.9 Å². The Morgan fingerprint density at radius 3 is 2.73 bits per heavy atom. The highest BCUT2D eigenvalue weighted by Crippen LogP contribution is 2.27. The maximum Gasteiger partial charge on any atom is 0.232 e. The number of ether oxygens (including phenoxy) is 1. The van der Waals surface area contributed by atoms with E-state index in [4.69, 9.17) is 4.74 Å². The maximum atomic E-state index is 14.4. The van der Waals surface area contributed by atoms with Crippen LogP contribution in [0.1, 0.15) is 44.6 Å². The minimum absolute atomic E-state index is 0.221. The second kappa shape index (κ2) is 8.64. The van der Waals surface area contributed by atoms with E-state index in [1.807, 2.05) is 30.3 Å².